The first-order valence-electron chi connectivity index (χ1n) is 12.3. The van der Waals surface area contributed by atoms with Crippen LogP contribution in [0.1, 0.15) is 64.0 Å². The molecule has 0 aliphatic heterocycles. The molecular weight excluding hydrogens is 444 g/mol. The van der Waals surface area contributed by atoms with Gasteiger partial charge in [-0.1, -0.05) is 76.2 Å². The Balaban J connectivity index is 1.65. The van der Waals surface area contributed by atoms with Crippen LogP contribution < -0.4 is 10.6 Å². The van der Waals surface area contributed by atoms with Crippen molar-refractivity contribution in [2.45, 2.75) is 65.0 Å². The molecule has 0 bridgehead atoms. The van der Waals surface area contributed by atoms with E-state index >= 15 is 0 Å². The van der Waals surface area contributed by atoms with Gasteiger partial charge in [0.1, 0.15) is 18.7 Å². The maximum Gasteiger partial charge on any atom is 0.407 e. The number of carboxylic acid groups (broad SMARTS) is 1. The number of carbonyl (C=O) groups is 3. The van der Waals surface area contributed by atoms with Gasteiger partial charge in [-0.05, 0) is 53.4 Å². The Morgan fingerprint density at radius 2 is 1.40 bits per heavy atom. The number of hydrogen-bond donors (Lipinski definition) is 3. The Bertz CT molecular complexity index is 1000. The number of amides is 2. The molecule has 0 aromatic heterocycles. The number of carbonyl (C=O) groups excluding carboxylic acids is 2. The normalized spacial score (nSPS) is 14.2. The average Bonchev–Trinajstić information content (AvgIpc) is 3.13. The van der Waals surface area contributed by atoms with Crippen molar-refractivity contribution in [1.82, 2.24) is 10.6 Å². The first-order valence-corrected chi connectivity index (χ1v) is 12.3. The second-order valence-electron chi connectivity index (χ2n) is 10.0. The van der Waals surface area contributed by atoms with Crippen molar-refractivity contribution >= 4 is 18.0 Å². The van der Waals surface area contributed by atoms with Gasteiger partial charge in [-0.25, -0.2) is 9.59 Å². The quantitative estimate of drug-likeness (QED) is 0.422. The largest absolute Gasteiger partial charge is 0.480 e. The first kappa shape index (κ1) is 26.3. The third kappa shape index (κ3) is 6.84. The molecule has 2 aromatic rings. The van der Waals surface area contributed by atoms with Gasteiger partial charge in [0.25, 0.3) is 0 Å². The van der Waals surface area contributed by atoms with Gasteiger partial charge < -0.3 is 20.5 Å². The number of carboxylic acids is 1. The highest BCUT2D eigenvalue weighted by molar-refractivity contribution is 5.89. The summed E-state index contributed by atoms with van der Waals surface area (Å²) in [6.45, 7) is 8.02. The predicted octanol–water partition coefficient (Wildman–Crippen LogP) is 4.95. The van der Waals surface area contributed by atoms with Gasteiger partial charge in [0.15, 0.2) is 0 Å². The highest BCUT2D eigenvalue weighted by atomic mass is 16.5. The molecule has 2 aromatic carbocycles. The van der Waals surface area contributed by atoms with Crippen molar-refractivity contribution in [3.63, 3.8) is 0 Å². The summed E-state index contributed by atoms with van der Waals surface area (Å²) in [5.41, 5.74) is 4.48. The molecule has 3 N–H and O–H groups in total. The molecule has 0 spiro atoms. The fraction of sp³-hybridized carbons (Fsp3) is 0.464. The standard InChI is InChI=1S/C28H36N2O5/c1-17(2)13-14-24(27(32)33)29-26(31)25(15-18(3)4)30-28(34)35-16-23-21-11-7-5-9-19(21)20-10-6-8-12-22(20)23/h5-12,17-18,23-25H,13-16H2,1-4H3,(H,29,31)(H,30,34)(H,32,33)/t24?,25-/m1/s1. The SMILES string of the molecule is CC(C)CCC(NC(=O)[C@@H](CC(C)C)NC(=O)OCC1c2ccccc2-c2ccccc21)C(=O)O. The summed E-state index contributed by atoms with van der Waals surface area (Å²) in [6, 6.07) is 14.3. The third-order valence-electron chi connectivity index (χ3n) is 6.31. The Labute approximate surface area is 207 Å². The Morgan fingerprint density at radius 3 is 1.91 bits per heavy atom. The fourth-order valence-electron chi connectivity index (χ4n) is 4.51. The van der Waals surface area contributed by atoms with Crippen LogP contribution in [-0.2, 0) is 14.3 Å². The number of aliphatic carboxylic acids is 1. The van der Waals surface area contributed by atoms with Crippen LogP contribution in [0.3, 0.4) is 0 Å². The molecule has 1 aliphatic rings. The highest BCUT2D eigenvalue weighted by Gasteiger charge is 2.31. The minimum atomic E-state index is -1.08. The lowest BCUT2D eigenvalue weighted by Gasteiger charge is -2.23. The third-order valence-corrected chi connectivity index (χ3v) is 6.31. The summed E-state index contributed by atoms with van der Waals surface area (Å²) in [4.78, 5) is 37.3. The van der Waals surface area contributed by atoms with E-state index in [4.69, 9.17) is 4.74 Å². The summed E-state index contributed by atoms with van der Waals surface area (Å²) in [6.07, 6.45) is 0.679. The molecule has 3 rings (SSSR count). The summed E-state index contributed by atoms with van der Waals surface area (Å²) in [5.74, 6) is -1.25. The van der Waals surface area contributed by atoms with Gasteiger partial charge in [0.2, 0.25) is 5.91 Å². The van der Waals surface area contributed by atoms with Crippen molar-refractivity contribution < 1.29 is 24.2 Å². The minimum absolute atomic E-state index is 0.0852. The van der Waals surface area contributed by atoms with E-state index < -0.39 is 30.1 Å². The lowest BCUT2D eigenvalue weighted by molar-refractivity contribution is -0.142. The topological polar surface area (TPSA) is 105 Å². The van der Waals surface area contributed by atoms with E-state index in [0.717, 1.165) is 22.3 Å². The number of ether oxygens (including phenoxy) is 1. The average molecular weight is 481 g/mol. The zero-order chi connectivity index (χ0) is 25.5. The van der Waals surface area contributed by atoms with E-state index in [0.29, 0.717) is 25.2 Å². The van der Waals surface area contributed by atoms with Crippen molar-refractivity contribution in [2.24, 2.45) is 11.8 Å². The van der Waals surface area contributed by atoms with Crippen LogP contribution in [-0.4, -0.2) is 41.8 Å². The fourth-order valence-corrected chi connectivity index (χ4v) is 4.51. The molecule has 0 saturated heterocycles. The molecule has 35 heavy (non-hydrogen) atoms. The van der Waals surface area contributed by atoms with Gasteiger partial charge in [0, 0.05) is 5.92 Å². The first-order chi connectivity index (χ1) is 16.7. The van der Waals surface area contributed by atoms with Crippen molar-refractivity contribution in [1.29, 1.82) is 0 Å². The van der Waals surface area contributed by atoms with Gasteiger partial charge in [-0.3, -0.25) is 4.79 Å². The number of hydrogen-bond acceptors (Lipinski definition) is 4. The van der Waals surface area contributed by atoms with Crippen LogP contribution >= 0.6 is 0 Å². The van der Waals surface area contributed by atoms with Crippen molar-refractivity contribution in [3.8, 4) is 11.1 Å². The number of alkyl carbamates (subject to hydrolysis) is 1. The zero-order valence-corrected chi connectivity index (χ0v) is 20.9. The Morgan fingerprint density at radius 1 is 0.829 bits per heavy atom. The lowest BCUT2D eigenvalue weighted by atomic mass is 9.98. The number of rotatable bonds is 11. The van der Waals surface area contributed by atoms with Crippen LogP contribution in [0.25, 0.3) is 11.1 Å². The second-order valence-corrected chi connectivity index (χ2v) is 10.0. The molecule has 0 fully saturated rings. The molecule has 0 saturated carbocycles. The monoisotopic (exact) mass is 480 g/mol. The molecular formula is C28H36N2O5. The molecule has 2 amide bonds. The van der Waals surface area contributed by atoms with E-state index in [1.54, 1.807) is 0 Å². The maximum atomic E-state index is 12.9. The van der Waals surface area contributed by atoms with Crippen molar-refractivity contribution in [3.05, 3.63) is 59.7 Å². The van der Waals surface area contributed by atoms with E-state index in [2.05, 4.69) is 22.8 Å². The van der Waals surface area contributed by atoms with Gasteiger partial charge in [0.05, 0.1) is 0 Å². The summed E-state index contributed by atoms with van der Waals surface area (Å²) in [7, 11) is 0. The number of fused-ring (bicyclic) bond motifs is 3. The van der Waals surface area contributed by atoms with Crippen LogP contribution in [0, 0.1) is 11.8 Å². The van der Waals surface area contributed by atoms with Crippen LogP contribution in [0.5, 0.6) is 0 Å². The molecule has 188 valence electrons. The van der Waals surface area contributed by atoms with E-state index in [9.17, 15) is 19.5 Å². The molecule has 7 nitrogen and oxygen atoms in total. The van der Waals surface area contributed by atoms with E-state index in [-0.39, 0.29) is 18.4 Å². The molecule has 1 unspecified atom stereocenters. The Kier molecular flexibility index (Phi) is 8.90. The van der Waals surface area contributed by atoms with Crippen LogP contribution in [0.4, 0.5) is 4.79 Å². The van der Waals surface area contributed by atoms with Gasteiger partial charge in [-0.2, -0.15) is 0 Å². The molecule has 1 aliphatic carbocycles. The molecule has 2 atom stereocenters. The minimum Gasteiger partial charge on any atom is -0.480 e. The van der Waals surface area contributed by atoms with Crippen LogP contribution in [0.2, 0.25) is 0 Å². The van der Waals surface area contributed by atoms with E-state index in [1.165, 1.54) is 0 Å². The number of benzene rings is 2. The highest BCUT2D eigenvalue weighted by Crippen LogP contribution is 2.44. The molecule has 0 heterocycles. The van der Waals surface area contributed by atoms with Crippen LogP contribution in [0.15, 0.2) is 48.5 Å². The van der Waals surface area contributed by atoms with E-state index in [1.807, 2.05) is 64.1 Å². The lowest BCUT2D eigenvalue weighted by Crippen LogP contribution is -2.52. The number of nitrogens with one attached hydrogen (secondary N) is 2. The summed E-state index contributed by atoms with van der Waals surface area (Å²) < 4.78 is 5.59. The Hall–Kier alpha value is -3.35. The smallest absolute Gasteiger partial charge is 0.407 e. The summed E-state index contributed by atoms with van der Waals surface area (Å²) >= 11 is 0. The summed E-state index contributed by atoms with van der Waals surface area (Å²) in [5, 5.41) is 14.8. The van der Waals surface area contributed by atoms with Gasteiger partial charge in [-0.15, -0.1) is 0 Å². The van der Waals surface area contributed by atoms with Crippen molar-refractivity contribution in [2.75, 3.05) is 6.61 Å². The zero-order valence-electron chi connectivity index (χ0n) is 20.9. The predicted molar refractivity (Wildman–Crippen MR) is 135 cm³/mol. The molecule has 0 radical (unpaired) electrons. The van der Waals surface area contributed by atoms with Gasteiger partial charge >= 0.3 is 12.1 Å². The second kappa shape index (κ2) is 11.9. The molecule has 7 heteroatoms. The maximum absolute atomic E-state index is 12.9.